The van der Waals surface area contributed by atoms with Gasteiger partial charge in [-0.05, 0) is 43.7 Å². The monoisotopic (exact) mass is 279 g/mol. The number of halogens is 1. The highest BCUT2D eigenvalue weighted by Crippen LogP contribution is 2.24. The van der Waals surface area contributed by atoms with Gasteiger partial charge in [-0.2, -0.15) is 0 Å². The molecule has 1 aliphatic heterocycles. The molecular weight excluding hydrogens is 266 g/mol. The Labute approximate surface area is 116 Å². The van der Waals surface area contributed by atoms with Gasteiger partial charge in [0.1, 0.15) is 0 Å². The number of hydrogen-bond acceptors (Lipinski definition) is 3. The van der Waals surface area contributed by atoms with Crippen LogP contribution in [0.5, 0.6) is 0 Å². The molecule has 1 aromatic rings. The third kappa shape index (κ3) is 3.09. The second-order valence-electron chi connectivity index (χ2n) is 4.28. The van der Waals surface area contributed by atoms with E-state index in [1.165, 1.54) is 6.07 Å². The summed E-state index contributed by atoms with van der Waals surface area (Å²) >= 11 is 5.80. The number of carboxylic acid groups (broad SMARTS) is 1. The maximum absolute atomic E-state index is 11.2. The van der Waals surface area contributed by atoms with Crippen LogP contribution in [0, 0.1) is 0 Å². The fourth-order valence-corrected chi connectivity index (χ4v) is 1.89. The van der Waals surface area contributed by atoms with Gasteiger partial charge in [-0.1, -0.05) is 17.7 Å². The van der Waals surface area contributed by atoms with E-state index in [-0.39, 0.29) is 11.8 Å². The lowest BCUT2D eigenvalue weighted by Crippen LogP contribution is -2.23. The van der Waals surface area contributed by atoms with Crippen LogP contribution in [0.3, 0.4) is 0 Å². The van der Waals surface area contributed by atoms with Crippen LogP contribution in [0.4, 0.5) is 5.69 Å². The molecule has 0 aliphatic carbocycles. The summed E-state index contributed by atoms with van der Waals surface area (Å²) in [5, 5.41) is 12.6. The molecule has 1 atom stereocenters. The number of anilines is 1. The minimum atomic E-state index is -1.03. The van der Waals surface area contributed by atoms with E-state index in [0.29, 0.717) is 10.7 Å². The fourth-order valence-electron chi connectivity index (χ4n) is 1.72. The number of nitrogens with one attached hydrogen (secondary N) is 1. The molecule has 1 heterocycles. The summed E-state index contributed by atoms with van der Waals surface area (Å²) in [6, 6.07) is 4.67. The molecule has 2 rings (SSSR count). The summed E-state index contributed by atoms with van der Waals surface area (Å²) < 4.78 is 5.62. The van der Waals surface area contributed by atoms with Crippen molar-refractivity contribution in [2.24, 2.45) is 0 Å². The second kappa shape index (κ2) is 5.36. The Bertz CT molecular complexity index is 578. The Kier molecular flexibility index (Phi) is 3.81. The van der Waals surface area contributed by atoms with Crippen molar-refractivity contribution in [3.05, 3.63) is 52.3 Å². The van der Waals surface area contributed by atoms with Gasteiger partial charge in [0, 0.05) is 5.02 Å². The molecule has 0 spiro atoms. The van der Waals surface area contributed by atoms with Crippen LogP contribution in [0.1, 0.15) is 24.2 Å². The van der Waals surface area contributed by atoms with E-state index >= 15 is 0 Å². The Morgan fingerprint density at radius 2 is 2.16 bits per heavy atom. The van der Waals surface area contributed by atoms with Gasteiger partial charge in [-0.3, -0.25) is 0 Å². The van der Waals surface area contributed by atoms with E-state index in [1.54, 1.807) is 12.1 Å². The molecule has 1 aliphatic rings. The van der Waals surface area contributed by atoms with Crippen molar-refractivity contribution in [2.45, 2.75) is 20.1 Å². The minimum Gasteiger partial charge on any atom is -0.478 e. The van der Waals surface area contributed by atoms with Gasteiger partial charge < -0.3 is 15.2 Å². The van der Waals surface area contributed by atoms with E-state index in [2.05, 4.69) is 5.32 Å². The maximum Gasteiger partial charge on any atom is 0.337 e. The van der Waals surface area contributed by atoms with Gasteiger partial charge in [0.05, 0.1) is 17.0 Å². The third-order valence-electron chi connectivity index (χ3n) is 2.89. The first-order valence-electron chi connectivity index (χ1n) is 5.79. The zero-order chi connectivity index (χ0) is 14.0. The van der Waals surface area contributed by atoms with E-state index in [0.717, 1.165) is 11.3 Å². The molecule has 0 saturated carbocycles. The molecule has 1 aromatic carbocycles. The van der Waals surface area contributed by atoms with Gasteiger partial charge in [0.15, 0.2) is 6.23 Å². The van der Waals surface area contributed by atoms with Crippen LogP contribution in [-0.2, 0) is 4.74 Å². The Morgan fingerprint density at radius 3 is 2.79 bits per heavy atom. The number of carbonyl (C=O) groups is 1. The summed E-state index contributed by atoms with van der Waals surface area (Å²) in [4.78, 5) is 11.2. The Hall–Kier alpha value is -1.94. The smallest absolute Gasteiger partial charge is 0.337 e. The predicted octanol–water partition coefficient (Wildman–Crippen LogP) is 3.66. The van der Waals surface area contributed by atoms with Crippen molar-refractivity contribution in [1.82, 2.24) is 0 Å². The first kappa shape index (κ1) is 13.5. The van der Waals surface area contributed by atoms with Crippen LogP contribution < -0.4 is 5.32 Å². The lowest BCUT2D eigenvalue weighted by atomic mass is 10.1. The molecule has 100 valence electrons. The Balaban J connectivity index is 2.21. The van der Waals surface area contributed by atoms with Crippen LogP contribution in [0.15, 0.2) is 41.7 Å². The number of aromatic carboxylic acids is 1. The molecule has 0 bridgehead atoms. The first-order chi connectivity index (χ1) is 8.97. The van der Waals surface area contributed by atoms with Gasteiger partial charge in [0.25, 0.3) is 0 Å². The predicted molar refractivity (Wildman–Crippen MR) is 74.4 cm³/mol. The summed E-state index contributed by atoms with van der Waals surface area (Å²) in [5.41, 5.74) is 1.64. The molecule has 0 saturated heterocycles. The lowest BCUT2D eigenvalue weighted by Gasteiger charge is -2.23. The maximum atomic E-state index is 11.2. The van der Waals surface area contributed by atoms with Crippen molar-refractivity contribution in [3.63, 3.8) is 0 Å². The average molecular weight is 280 g/mol. The quantitative estimate of drug-likeness (QED) is 0.886. The summed E-state index contributed by atoms with van der Waals surface area (Å²) in [6.07, 6.45) is 3.39. The zero-order valence-electron chi connectivity index (χ0n) is 10.6. The van der Waals surface area contributed by atoms with Crippen LogP contribution >= 0.6 is 11.6 Å². The van der Waals surface area contributed by atoms with Crippen molar-refractivity contribution in [1.29, 1.82) is 0 Å². The van der Waals surface area contributed by atoms with Crippen molar-refractivity contribution in [3.8, 4) is 0 Å². The summed E-state index contributed by atoms with van der Waals surface area (Å²) in [7, 11) is 0. The molecule has 1 unspecified atom stereocenters. The van der Waals surface area contributed by atoms with E-state index in [4.69, 9.17) is 21.4 Å². The summed E-state index contributed by atoms with van der Waals surface area (Å²) in [6.45, 7) is 3.82. The van der Waals surface area contributed by atoms with Crippen LogP contribution in [0.25, 0.3) is 0 Å². The number of ether oxygens (including phenoxy) is 1. The fraction of sp³-hybridized carbons (Fsp3) is 0.214. The highest BCUT2D eigenvalue weighted by atomic mass is 35.5. The van der Waals surface area contributed by atoms with Gasteiger partial charge in [-0.15, -0.1) is 0 Å². The number of allylic oxidation sites excluding steroid dienone is 3. The standard InChI is InChI=1S/C14H14ClNO3/c1-8-3-6-13(19-9(8)2)16-12-5-4-10(15)7-11(12)14(17)18/h3-7,13,16H,1-2H3,(H,17,18). The highest BCUT2D eigenvalue weighted by molar-refractivity contribution is 6.31. The Morgan fingerprint density at radius 1 is 1.42 bits per heavy atom. The number of carboxylic acids is 1. The van der Waals surface area contributed by atoms with Crippen LogP contribution in [-0.4, -0.2) is 17.3 Å². The molecule has 19 heavy (non-hydrogen) atoms. The third-order valence-corrected chi connectivity index (χ3v) is 3.12. The SMILES string of the molecule is CC1=C(C)OC(Nc2ccc(Cl)cc2C(=O)O)C=C1. The van der Waals surface area contributed by atoms with E-state index < -0.39 is 5.97 Å². The molecule has 0 fully saturated rings. The topological polar surface area (TPSA) is 58.6 Å². The lowest BCUT2D eigenvalue weighted by molar-refractivity contribution is 0.0697. The zero-order valence-corrected chi connectivity index (χ0v) is 11.4. The number of hydrogen-bond donors (Lipinski definition) is 2. The van der Waals surface area contributed by atoms with Gasteiger partial charge in [0.2, 0.25) is 0 Å². The molecule has 2 N–H and O–H groups in total. The van der Waals surface area contributed by atoms with Crippen molar-refractivity contribution < 1.29 is 14.6 Å². The number of benzene rings is 1. The van der Waals surface area contributed by atoms with Crippen molar-refractivity contribution in [2.75, 3.05) is 5.32 Å². The minimum absolute atomic E-state index is 0.119. The largest absolute Gasteiger partial charge is 0.478 e. The van der Waals surface area contributed by atoms with Gasteiger partial charge in [-0.25, -0.2) is 4.79 Å². The van der Waals surface area contributed by atoms with Gasteiger partial charge >= 0.3 is 5.97 Å². The molecule has 4 nitrogen and oxygen atoms in total. The molecule has 0 amide bonds. The molecular formula is C14H14ClNO3. The highest BCUT2D eigenvalue weighted by Gasteiger charge is 2.16. The molecule has 0 aromatic heterocycles. The van der Waals surface area contributed by atoms with Crippen LogP contribution in [0.2, 0.25) is 5.02 Å². The molecule has 5 heteroatoms. The second-order valence-corrected chi connectivity index (χ2v) is 4.71. The average Bonchev–Trinajstić information content (AvgIpc) is 2.36. The normalized spacial score (nSPS) is 18.2. The summed E-state index contributed by atoms with van der Waals surface area (Å²) in [5.74, 6) is -0.223. The van der Waals surface area contributed by atoms with E-state index in [9.17, 15) is 4.79 Å². The molecule has 0 radical (unpaired) electrons. The van der Waals surface area contributed by atoms with Crippen molar-refractivity contribution >= 4 is 23.3 Å². The number of rotatable bonds is 3. The first-order valence-corrected chi connectivity index (χ1v) is 6.17. The van der Waals surface area contributed by atoms with E-state index in [1.807, 2.05) is 26.0 Å².